The number of nitrogens with one attached hydrogen (secondary N) is 1. The molecule has 2 aromatic rings. The predicted molar refractivity (Wildman–Crippen MR) is 100 cm³/mol. The van der Waals surface area contributed by atoms with Crippen LogP contribution in [-0.4, -0.2) is 31.4 Å². The number of rotatable bonds is 7. The molecule has 0 aliphatic rings. The Morgan fingerprint density at radius 3 is 2.16 bits per heavy atom. The summed E-state index contributed by atoms with van der Waals surface area (Å²) in [7, 11) is 1.72. The molecule has 0 radical (unpaired) electrons. The van der Waals surface area contributed by atoms with Crippen LogP contribution in [-0.2, 0) is 16.0 Å². The molecule has 0 fully saturated rings. The summed E-state index contributed by atoms with van der Waals surface area (Å²) in [6.45, 7) is 1.99. The number of nitrogens with two attached hydrogens (primary N) is 1. The first kappa shape index (κ1) is 18.7. The third-order valence-corrected chi connectivity index (χ3v) is 4.17. The van der Waals surface area contributed by atoms with Gasteiger partial charge in [0.25, 0.3) is 0 Å². The number of amides is 2. The van der Waals surface area contributed by atoms with Gasteiger partial charge in [-0.05, 0) is 17.7 Å². The Morgan fingerprint density at radius 1 is 1.04 bits per heavy atom. The van der Waals surface area contributed by atoms with Crippen LogP contribution in [0.4, 0.5) is 5.69 Å². The fourth-order valence-electron chi connectivity index (χ4n) is 2.48. The van der Waals surface area contributed by atoms with Crippen molar-refractivity contribution in [2.45, 2.75) is 19.4 Å². The minimum Gasteiger partial charge on any atom is -0.344 e. The van der Waals surface area contributed by atoms with Gasteiger partial charge >= 0.3 is 0 Å². The van der Waals surface area contributed by atoms with Gasteiger partial charge in [-0.1, -0.05) is 55.5 Å². The van der Waals surface area contributed by atoms with Crippen LogP contribution < -0.4 is 16.0 Å². The zero-order chi connectivity index (χ0) is 18.2. The van der Waals surface area contributed by atoms with Gasteiger partial charge in [0.15, 0.2) is 0 Å². The normalized spacial score (nSPS) is 12.9. The summed E-state index contributed by atoms with van der Waals surface area (Å²) in [6, 6.07) is 18.4. The summed E-state index contributed by atoms with van der Waals surface area (Å²) < 4.78 is 0. The molecule has 5 nitrogen and oxygen atoms in total. The molecule has 0 saturated heterocycles. The number of para-hydroxylation sites is 1. The third-order valence-electron chi connectivity index (χ3n) is 4.17. The lowest BCUT2D eigenvalue weighted by molar-refractivity contribution is -0.129. The molecule has 0 spiro atoms. The quantitative estimate of drug-likeness (QED) is 0.810. The standard InChI is InChI=1S/C20H25N3O2/c1-15(14-21)19(24)22-18(13-16-9-5-3-6-10-16)20(25)23(2)17-11-7-4-8-12-17/h3-12,15,18H,13-14,21H2,1-2H3,(H,22,24)/t15?,18-/m0/s1. The van der Waals surface area contributed by atoms with E-state index in [0.717, 1.165) is 11.3 Å². The van der Waals surface area contributed by atoms with E-state index < -0.39 is 6.04 Å². The van der Waals surface area contributed by atoms with Crippen molar-refractivity contribution in [2.75, 3.05) is 18.5 Å². The molecular weight excluding hydrogens is 314 g/mol. The lowest BCUT2D eigenvalue weighted by Crippen LogP contribution is -2.50. The molecule has 0 aliphatic heterocycles. The van der Waals surface area contributed by atoms with E-state index in [1.165, 1.54) is 0 Å². The van der Waals surface area contributed by atoms with E-state index in [1.54, 1.807) is 18.9 Å². The fraction of sp³-hybridized carbons (Fsp3) is 0.300. The molecule has 0 heterocycles. The largest absolute Gasteiger partial charge is 0.344 e. The Kier molecular flexibility index (Phi) is 6.71. The highest BCUT2D eigenvalue weighted by molar-refractivity contribution is 5.99. The van der Waals surface area contributed by atoms with Crippen molar-refractivity contribution in [3.05, 3.63) is 66.2 Å². The highest BCUT2D eigenvalue weighted by Gasteiger charge is 2.26. The molecule has 0 saturated carbocycles. The molecule has 0 aromatic heterocycles. The van der Waals surface area contributed by atoms with E-state index in [1.807, 2.05) is 60.7 Å². The van der Waals surface area contributed by atoms with E-state index in [4.69, 9.17) is 5.73 Å². The van der Waals surface area contributed by atoms with Gasteiger partial charge in [0.2, 0.25) is 11.8 Å². The van der Waals surface area contributed by atoms with Gasteiger partial charge in [-0.2, -0.15) is 0 Å². The average Bonchev–Trinajstić information content (AvgIpc) is 2.67. The molecular formula is C20H25N3O2. The third kappa shape index (κ3) is 5.16. The molecule has 0 bridgehead atoms. The Labute approximate surface area is 148 Å². The molecule has 1 unspecified atom stereocenters. The number of nitrogens with zero attached hydrogens (tertiary/aromatic N) is 1. The van der Waals surface area contributed by atoms with E-state index in [9.17, 15) is 9.59 Å². The summed E-state index contributed by atoms with van der Waals surface area (Å²) in [4.78, 5) is 26.8. The van der Waals surface area contributed by atoms with Crippen LogP contribution >= 0.6 is 0 Å². The van der Waals surface area contributed by atoms with Crippen LogP contribution in [0.5, 0.6) is 0 Å². The van der Waals surface area contributed by atoms with Crippen LogP contribution in [0.15, 0.2) is 60.7 Å². The maximum Gasteiger partial charge on any atom is 0.249 e. The van der Waals surface area contributed by atoms with Crippen molar-refractivity contribution in [1.29, 1.82) is 0 Å². The number of carbonyl (C=O) groups excluding carboxylic acids is 2. The van der Waals surface area contributed by atoms with Crippen LogP contribution in [0.1, 0.15) is 12.5 Å². The Bertz CT molecular complexity index is 689. The van der Waals surface area contributed by atoms with Gasteiger partial charge in [-0.15, -0.1) is 0 Å². The van der Waals surface area contributed by atoms with Crippen molar-refractivity contribution >= 4 is 17.5 Å². The van der Waals surface area contributed by atoms with Crippen molar-refractivity contribution in [3.8, 4) is 0 Å². The topological polar surface area (TPSA) is 75.4 Å². The second kappa shape index (κ2) is 8.99. The zero-order valence-corrected chi connectivity index (χ0v) is 14.7. The number of likely N-dealkylation sites (N-methyl/N-ethyl adjacent to an activating group) is 1. The minimum absolute atomic E-state index is 0.160. The molecule has 25 heavy (non-hydrogen) atoms. The summed E-state index contributed by atoms with van der Waals surface area (Å²) in [5.41, 5.74) is 7.34. The highest BCUT2D eigenvalue weighted by atomic mass is 16.2. The molecule has 2 aromatic carbocycles. The number of benzene rings is 2. The Hall–Kier alpha value is -2.66. The summed E-state index contributed by atoms with van der Waals surface area (Å²) in [5.74, 6) is -0.709. The molecule has 2 atom stereocenters. The number of anilines is 1. The maximum absolute atomic E-state index is 13.0. The maximum atomic E-state index is 13.0. The first-order valence-electron chi connectivity index (χ1n) is 8.40. The van der Waals surface area contributed by atoms with Gasteiger partial charge in [-0.25, -0.2) is 0 Å². The minimum atomic E-state index is -0.644. The van der Waals surface area contributed by atoms with Crippen LogP contribution in [0.25, 0.3) is 0 Å². The predicted octanol–water partition coefficient (Wildman–Crippen LogP) is 1.97. The summed E-state index contributed by atoms with van der Waals surface area (Å²) in [5, 5.41) is 2.86. The number of hydrogen-bond donors (Lipinski definition) is 2. The number of hydrogen-bond acceptors (Lipinski definition) is 3. The molecule has 3 N–H and O–H groups in total. The van der Waals surface area contributed by atoms with E-state index in [2.05, 4.69) is 5.32 Å². The van der Waals surface area contributed by atoms with E-state index in [-0.39, 0.29) is 24.3 Å². The van der Waals surface area contributed by atoms with Gasteiger partial charge in [0.1, 0.15) is 6.04 Å². The van der Waals surface area contributed by atoms with Crippen molar-refractivity contribution in [2.24, 2.45) is 11.7 Å². The second-order valence-corrected chi connectivity index (χ2v) is 6.12. The van der Waals surface area contributed by atoms with Crippen molar-refractivity contribution in [1.82, 2.24) is 5.32 Å². The van der Waals surface area contributed by atoms with Crippen LogP contribution in [0, 0.1) is 5.92 Å². The van der Waals surface area contributed by atoms with Gasteiger partial charge in [0, 0.05) is 31.6 Å². The SMILES string of the molecule is CC(CN)C(=O)N[C@@H](Cc1ccccc1)C(=O)N(C)c1ccccc1. The molecule has 132 valence electrons. The monoisotopic (exact) mass is 339 g/mol. The van der Waals surface area contributed by atoms with E-state index >= 15 is 0 Å². The van der Waals surface area contributed by atoms with Crippen molar-refractivity contribution in [3.63, 3.8) is 0 Å². The van der Waals surface area contributed by atoms with Crippen LogP contribution in [0.2, 0.25) is 0 Å². The fourth-order valence-corrected chi connectivity index (χ4v) is 2.48. The smallest absolute Gasteiger partial charge is 0.249 e. The molecule has 0 aliphatic carbocycles. The van der Waals surface area contributed by atoms with Gasteiger partial charge < -0.3 is 16.0 Å². The lowest BCUT2D eigenvalue weighted by Gasteiger charge is -2.26. The summed E-state index contributed by atoms with van der Waals surface area (Å²) >= 11 is 0. The zero-order valence-electron chi connectivity index (χ0n) is 14.7. The van der Waals surface area contributed by atoms with Crippen molar-refractivity contribution < 1.29 is 9.59 Å². The van der Waals surface area contributed by atoms with Crippen LogP contribution in [0.3, 0.4) is 0 Å². The molecule has 5 heteroatoms. The first-order valence-corrected chi connectivity index (χ1v) is 8.40. The molecule has 2 amide bonds. The average molecular weight is 339 g/mol. The lowest BCUT2D eigenvalue weighted by atomic mass is 10.0. The first-order chi connectivity index (χ1) is 12.0. The van der Waals surface area contributed by atoms with E-state index in [0.29, 0.717) is 6.42 Å². The number of carbonyl (C=O) groups is 2. The van der Waals surface area contributed by atoms with Gasteiger partial charge in [0.05, 0.1) is 0 Å². The Morgan fingerprint density at radius 2 is 1.60 bits per heavy atom. The summed E-state index contributed by atoms with van der Waals surface area (Å²) in [6.07, 6.45) is 0.430. The highest BCUT2D eigenvalue weighted by Crippen LogP contribution is 2.14. The molecule has 2 rings (SSSR count). The second-order valence-electron chi connectivity index (χ2n) is 6.12. The Balaban J connectivity index is 2.20. The van der Waals surface area contributed by atoms with Gasteiger partial charge in [-0.3, -0.25) is 9.59 Å².